The topological polar surface area (TPSA) is 156 Å². The predicted molar refractivity (Wildman–Crippen MR) is 137 cm³/mol. The lowest BCUT2D eigenvalue weighted by Gasteiger charge is -2.53. The summed E-state index contributed by atoms with van der Waals surface area (Å²) in [5.41, 5.74) is -3.06. The van der Waals surface area contributed by atoms with E-state index in [1.54, 1.807) is 27.1 Å². The van der Waals surface area contributed by atoms with Gasteiger partial charge in [0.2, 0.25) is 5.78 Å². The van der Waals surface area contributed by atoms with Crippen LogP contribution in [0.3, 0.4) is 0 Å². The van der Waals surface area contributed by atoms with Crippen molar-refractivity contribution in [2.75, 3.05) is 14.1 Å². The number of phenols is 1. The van der Waals surface area contributed by atoms with Gasteiger partial charge in [-0.25, -0.2) is 0 Å². The third-order valence-electron chi connectivity index (χ3n) is 9.59. The molecule has 0 spiro atoms. The van der Waals surface area contributed by atoms with Gasteiger partial charge >= 0.3 is 0 Å². The third-order valence-corrected chi connectivity index (χ3v) is 9.59. The number of aliphatic hydroxyl groups is 4. The van der Waals surface area contributed by atoms with E-state index in [0.717, 1.165) is 32.6 Å². The summed E-state index contributed by atoms with van der Waals surface area (Å²) in [5, 5.41) is 57.4. The number of carbonyl (C=O) groups excluding carboxylic acids is 3. The van der Waals surface area contributed by atoms with Crippen LogP contribution >= 0.6 is 0 Å². The summed E-state index contributed by atoms with van der Waals surface area (Å²) in [7, 11) is 3.09. The molecule has 0 bridgehead atoms. The van der Waals surface area contributed by atoms with Gasteiger partial charge in [0.05, 0.1) is 23.6 Å². The quantitative estimate of drug-likeness (QED) is 0.374. The number of aromatic hydroxyl groups is 1. The molecule has 204 valence electrons. The van der Waals surface area contributed by atoms with Gasteiger partial charge in [-0.15, -0.1) is 0 Å². The molecule has 0 unspecified atom stereocenters. The Labute approximate surface area is 221 Å². The van der Waals surface area contributed by atoms with Gasteiger partial charge in [0.15, 0.2) is 17.2 Å². The van der Waals surface area contributed by atoms with E-state index in [2.05, 4.69) is 0 Å². The number of Topliss-reactive ketones (excluding diaryl/α,β-unsaturated/α-hetero) is 3. The Kier molecular flexibility index (Phi) is 5.94. The SMILES string of the molecule is CC(=O)C1=C(O)[C@@H](N(C)C)[C@@H]2[C@@H](O)[C@H]3C(=C(O)[C@]2(O)C1=O)C(=O)c1c(ccc(C2(C)CCCC2)c1O)[C@@H]3C. The molecule has 9 heteroatoms. The third kappa shape index (κ3) is 3.18. The molecule has 1 aromatic carbocycles. The summed E-state index contributed by atoms with van der Waals surface area (Å²) < 4.78 is 0. The summed E-state index contributed by atoms with van der Waals surface area (Å²) in [4.78, 5) is 41.4. The summed E-state index contributed by atoms with van der Waals surface area (Å²) in [6, 6.07) is 2.40. The summed E-state index contributed by atoms with van der Waals surface area (Å²) in [6.07, 6.45) is 2.15. The normalized spacial score (nSPS) is 34.4. The smallest absolute Gasteiger partial charge is 0.209 e. The highest BCUT2D eigenvalue weighted by Crippen LogP contribution is 2.56. The Balaban J connectivity index is 1.76. The van der Waals surface area contributed by atoms with Crippen LogP contribution in [0.15, 0.2) is 34.8 Å². The highest BCUT2D eigenvalue weighted by Gasteiger charge is 2.67. The van der Waals surface area contributed by atoms with Gasteiger partial charge in [0.25, 0.3) is 0 Å². The lowest BCUT2D eigenvalue weighted by atomic mass is 9.55. The van der Waals surface area contributed by atoms with Crippen molar-refractivity contribution in [3.05, 3.63) is 51.5 Å². The molecule has 38 heavy (non-hydrogen) atoms. The van der Waals surface area contributed by atoms with Gasteiger partial charge in [-0.1, -0.05) is 38.8 Å². The Morgan fingerprint density at radius 3 is 2.24 bits per heavy atom. The second kappa shape index (κ2) is 8.49. The molecule has 0 heterocycles. The zero-order chi connectivity index (χ0) is 28.1. The number of aliphatic hydroxyl groups excluding tert-OH is 3. The summed E-state index contributed by atoms with van der Waals surface area (Å²) >= 11 is 0. The fourth-order valence-corrected chi connectivity index (χ4v) is 7.64. The fourth-order valence-electron chi connectivity index (χ4n) is 7.64. The highest BCUT2D eigenvalue weighted by molar-refractivity contribution is 6.25. The van der Waals surface area contributed by atoms with Gasteiger partial charge < -0.3 is 25.5 Å². The van der Waals surface area contributed by atoms with Crippen molar-refractivity contribution < 1.29 is 39.9 Å². The molecule has 1 saturated carbocycles. The van der Waals surface area contributed by atoms with E-state index in [9.17, 15) is 39.9 Å². The maximum atomic E-state index is 14.0. The number of fused-ring (bicyclic) bond motifs is 3. The van der Waals surface area contributed by atoms with E-state index in [1.165, 1.54) is 4.90 Å². The van der Waals surface area contributed by atoms with Crippen LogP contribution in [0.4, 0.5) is 0 Å². The molecule has 1 aromatic rings. The molecule has 0 aromatic heterocycles. The lowest BCUT2D eigenvalue weighted by molar-refractivity contribution is -0.162. The maximum absolute atomic E-state index is 14.0. The van der Waals surface area contributed by atoms with Crippen molar-refractivity contribution in [3.63, 3.8) is 0 Å². The molecule has 0 saturated heterocycles. The first-order valence-corrected chi connectivity index (χ1v) is 13.1. The monoisotopic (exact) mass is 525 g/mol. The van der Waals surface area contributed by atoms with Gasteiger partial charge in [-0.05, 0) is 50.8 Å². The predicted octanol–water partition coefficient (Wildman–Crippen LogP) is 2.59. The van der Waals surface area contributed by atoms with Gasteiger partial charge in [0, 0.05) is 17.1 Å². The van der Waals surface area contributed by atoms with Crippen LogP contribution in [-0.2, 0) is 15.0 Å². The molecule has 0 aliphatic heterocycles. The summed E-state index contributed by atoms with van der Waals surface area (Å²) in [5.74, 6) is -7.68. The van der Waals surface area contributed by atoms with Crippen molar-refractivity contribution in [1.29, 1.82) is 0 Å². The van der Waals surface area contributed by atoms with Crippen LogP contribution in [-0.4, -0.2) is 79.6 Å². The second-order valence-electron chi connectivity index (χ2n) is 11.9. The number of benzene rings is 1. The minimum Gasteiger partial charge on any atom is -0.510 e. The minimum atomic E-state index is -2.83. The first-order chi connectivity index (χ1) is 17.7. The Bertz CT molecular complexity index is 1330. The number of hydrogen-bond donors (Lipinski definition) is 5. The van der Waals surface area contributed by atoms with E-state index in [0.29, 0.717) is 11.1 Å². The van der Waals surface area contributed by atoms with Crippen molar-refractivity contribution in [1.82, 2.24) is 4.90 Å². The Morgan fingerprint density at radius 2 is 1.68 bits per heavy atom. The minimum absolute atomic E-state index is 0.00669. The molecular formula is C29H35NO8. The molecule has 6 atom stereocenters. The number of hydrogen-bond acceptors (Lipinski definition) is 9. The van der Waals surface area contributed by atoms with Gasteiger partial charge in [-0.3, -0.25) is 19.3 Å². The molecule has 4 aliphatic carbocycles. The highest BCUT2D eigenvalue weighted by atomic mass is 16.4. The first-order valence-electron chi connectivity index (χ1n) is 13.1. The van der Waals surface area contributed by atoms with E-state index in [1.807, 2.05) is 13.0 Å². The Morgan fingerprint density at radius 1 is 1.08 bits per heavy atom. The van der Waals surface area contributed by atoms with Crippen LogP contribution in [0.2, 0.25) is 0 Å². The van der Waals surface area contributed by atoms with Crippen LogP contribution in [0.25, 0.3) is 0 Å². The Hall–Kier alpha value is -3.01. The zero-order valence-corrected chi connectivity index (χ0v) is 22.3. The first kappa shape index (κ1) is 26.6. The van der Waals surface area contributed by atoms with Crippen LogP contribution in [0.5, 0.6) is 5.75 Å². The van der Waals surface area contributed by atoms with Crippen molar-refractivity contribution in [2.24, 2.45) is 11.8 Å². The van der Waals surface area contributed by atoms with E-state index < -0.39 is 69.9 Å². The summed E-state index contributed by atoms with van der Waals surface area (Å²) in [6.45, 7) is 4.85. The second-order valence-corrected chi connectivity index (χ2v) is 11.9. The number of likely N-dealkylation sites (N-methyl/N-ethyl adjacent to an activating group) is 1. The average molecular weight is 526 g/mol. The lowest BCUT2D eigenvalue weighted by Crippen LogP contribution is -2.68. The number of rotatable bonds is 3. The van der Waals surface area contributed by atoms with E-state index in [-0.39, 0.29) is 22.3 Å². The fraction of sp³-hybridized carbons (Fsp3) is 0.552. The van der Waals surface area contributed by atoms with Crippen LogP contribution in [0.1, 0.15) is 73.9 Å². The van der Waals surface area contributed by atoms with Crippen LogP contribution in [0, 0.1) is 11.8 Å². The molecule has 0 radical (unpaired) electrons. The number of phenolic OH excluding ortho intramolecular Hbond substituents is 1. The standard InChI is InChI=1S/C29H35NO8/c1-12-14-8-9-15(28(3)10-6-7-11-28)22(32)18(14)23(33)19-16(12)24(34)20-21(30(4)5)25(35)17(13(2)31)26(36)29(20,38)27(19)37/h8-9,12,16,20-21,24,32,34-35,37-38H,6-7,10-11H2,1-5H3/t12-,16+,20+,21-,24-,29+/m0/s1. The largest absolute Gasteiger partial charge is 0.510 e. The van der Waals surface area contributed by atoms with Gasteiger partial charge in [-0.2, -0.15) is 0 Å². The molecule has 1 fully saturated rings. The molecule has 0 amide bonds. The molecule has 5 N–H and O–H groups in total. The van der Waals surface area contributed by atoms with Crippen molar-refractivity contribution in [2.45, 2.75) is 75.5 Å². The van der Waals surface area contributed by atoms with E-state index in [4.69, 9.17) is 0 Å². The number of ketones is 3. The average Bonchev–Trinajstić information content (AvgIpc) is 3.28. The molecule has 9 nitrogen and oxygen atoms in total. The van der Waals surface area contributed by atoms with Crippen molar-refractivity contribution in [3.8, 4) is 5.75 Å². The van der Waals surface area contributed by atoms with E-state index >= 15 is 0 Å². The molecular weight excluding hydrogens is 490 g/mol. The maximum Gasteiger partial charge on any atom is 0.209 e. The number of nitrogens with zero attached hydrogens (tertiary/aromatic N) is 1. The molecule has 4 aliphatic rings. The number of carbonyl (C=O) groups is 3. The zero-order valence-electron chi connectivity index (χ0n) is 22.3. The molecule has 5 rings (SSSR count). The van der Waals surface area contributed by atoms with Crippen LogP contribution < -0.4 is 0 Å². The van der Waals surface area contributed by atoms with Crippen molar-refractivity contribution >= 4 is 17.3 Å². The van der Waals surface area contributed by atoms with Gasteiger partial charge in [0.1, 0.15) is 22.8 Å².